The molecule has 0 saturated carbocycles. The number of fused-ring (bicyclic) bond motifs is 6. The average molecular weight is 671 g/mol. The maximum Gasteiger partial charge on any atom is 0.411 e. The molecule has 0 saturated heterocycles. The van der Waals surface area contributed by atoms with Crippen LogP contribution in [-0.2, 0) is 18.3 Å². The maximum absolute atomic E-state index is 15.2. The van der Waals surface area contributed by atoms with Gasteiger partial charge in [0.15, 0.2) is 0 Å². The van der Waals surface area contributed by atoms with E-state index in [1.54, 1.807) is 18.5 Å². The summed E-state index contributed by atoms with van der Waals surface area (Å²) in [6.45, 7) is 4.71. The third-order valence-electron chi connectivity index (χ3n) is 10.3. The van der Waals surface area contributed by atoms with Gasteiger partial charge in [-0.2, -0.15) is 26.3 Å². The van der Waals surface area contributed by atoms with Crippen molar-refractivity contribution < 1.29 is 26.3 Å². The first kappa shape index (κ1) is 31.4. The zero-order valence-corrected chi connectivity index (χ0v) is 26.8. The predicted molar refractivity (Wildman–Crippen MR) is 180 cm³/mol. The lowest BCUT2D eigenvalue weighted by Crippen LogP contribution is -2.54. The van der Waals surface area contributed by atoms with Gasteiger partial charge in [-0.05, 0) is 71.9 Å². The molecule has 10 heteroatoms. The van der Waals surface area contributed by atoms with Gasteiger partial charge in [0.2, 0.25) is 5.41 Å². The zero-order chi connectivity index (χ0) is 34.3. The van der Waals surface area contributed by atoms with Crippen LogP contribution in [0.1, 0.15) is 71.1 Å². The highest BCUT2D eigenvalue weighted by Crippen LogP contribution is 2.56. The van der Waals surface area contributed by atoms with E-state index in [1.807, 2.05) is 33.6 Å². The van der Waals surface area contributed by atoms with Gasteiger partial charge >= 0.3 is 12.4 Å². The Morgan fingerprint density at radius 3 is 2.08 bits per heavy atom. The molecule has 0 bridgehead atoms. The Kier molecular flexibility index (Phi) is 7.10. The van der Waals surface area contributed by atoms with Crippen molar-refractivity contribution in [2.45, 2.75) is 56.8 Å². The maximum atomic E-state index is 15.2. The van der Waals surface area contributed by atoms with Crippen molar-refractivity contribution in [1.29, 1.82) is 0 Å². The van der Waals surface area contributed by atoms with Crippen LogP contribution < -0.4 is 0 Å². The van der Waals surface area contributed by atoms with Gasteiger partial charge in [-0.15, -0.1) is 0 Å². The fourth-order valence-corrected chi connectivity index (χ4v) is 8.09. The topological polar surface area (TPSA) is 35.1 Å². The Balaban J connectivity index is 1.26. The standard InChI is InChI=1S/C39H32F6N4/c1-23-6-15-33-30(20-23)32-22-47-18-16-34(32)48(33)27-11-7-25(8-12-27)37(38(40,41)42,39(43,44)45)26-9-13-28(14-10-26)49-35-17-19-46-21-31(35)29-5-3-4-24(2)36(29)49/h3,5-16,18,21-24H,4,17,19-20H2,1-2H3. The van der Waals surface area contributed by atoms with Gasteiger partial charge in [0.25, 0.3) is 0 Å². The molecule has 1 aliphatic heterocycles. The number of aromatic nitrogens is 3. The number of pyridine rings is 1. The van der Waals surface area contributed by atoms with Gasteiger partial charge in [0.1, 0.15) is 0 Å². The minimum absolute atomic E-state index is 0.111. The summed E-state index contributed by atoms with van der Waals surface area (Å²) in [5, 5.41) is 0.903. The monoisotopic (exact) mass is 670 g/mol. The summed E-state index contributed by atoms with van der Waals surface area (Å²) >= 11 is 0. The summed E-state index contributed by atoms with van der Waals surface area (Å²) in [4.78, 5) is 8.68. The van der Waals surface area contributed by atoms with Crippen LogP contribution in [-0.4, -0.2) is 39.2 Å². The van der Waals surface area contributed by atoms with Crippen LogP contribution in [0.4, 0.5) is 26.3 Å². The molecule has 8 rings (SSSR count). The predicted octanol–water partition coefficient (Wildman–Crippen LogP) is 9.93. The largest absolute Gasteiger partial charge is 0.411 e. The summed E-state index contributed by atoms with van der Waals surface area (Å²) in [5.74, 6) is 0.391. The van der Waals surface area contributed by atoms with Crippen LogP contribution >= 0.6 is 0 Å². The molecule has 3 aliphatic rings. The van der Waals surface area contributed by atoms with Crippen LogP contribution in [0.3, 0.4) is 0 Å². The Morgan fingerprint density at radius 2 is 1.43 bits per heavy atom. The minimum atomic E-state index is -5.69. The van der Waals surface area contributed by atoms with E-state index in [9.17, 15) is 0 Å². The molecule has 5 aromatic rings. The van der Waals surface area contributed by atoms with Crippen molar-refractivity contribution in [3.05, 3.63) is 124 Å². The van der Waals surface area contributed by atoms with Crippen LogP contribution in [0.25, 0.3) is 34.4 Å². The summed E-state index contributed by atoms with van der Waals surface area (Å²) in [5.41, 5.74) is 1.50. The Labute approximate surface area is 279 Å². The van der Waals surface area contributed by atoms with E-state index in [0.29, 0.717) is 24.3 Å². The molecule has 0 radical (unpaired) electrons. The first-order valence-electron chi connectivity index (χ1n) is 16.4. The molecular formula is C39H32F6N4. The number of halogens is 6. The molecule has 4 heterocycles. The van der Waals surface area contributed by atoms with Gasteiger partial charge in [-0.3, -0.25) is 9.98 Å². The number of nitrogens with zero attached hydrogens (tertiary/aromatic N) is 4. The van der Waals surface area contributed by atoms with Gasteiger partial charge in [-0.1, -0.05) is 56.3 Å². The molecule has 0 spiro atoms. The SMILES string of the molecule is CC1C=Cc2c(c3cnccc3n2-c2ccc(C(c3ccc(-n4c5c(c6c4C(C)CC=C6)C=NCC5)cc3)(C(F)(F)F)C(F)(F)F)cc2)C1. The molecule has 0 amide bonds. The van der Waals surface area contributed by atoms with Crippen molar-refractivity contribution in [2.24, 2.45) is 10.9 Å². The second-order valence-electron chi connectivity index (χ2n) is 13.3. The van der Waals surface area contributed by atoms with E-state index in [1.165, 1.54) is 24.3 Å². The molecule has 2 aromatic carbocycles. The van der Waals surface area contributed by atoms with Crippen molar-refractivity contribution >= 4 is 29.3 Å². The van der Waals surface area contributed by atoms with Crippen molar-refractivity contribution in [1.82, 2.24) is 14.1 Å². The number of allylic oxidation sites excluding steroid dienone is 2. The third-order valence-corrected chi connectivity index (χ3v) is 10.3. The zero-order valence-electron chi connectivity index (χ0n) is 26.8. The van der Waals surface area contributed by atoms with Gasteiger partial charge < -0.3 is 9.13 Å². The van der Waals surface area contributed by atoms with E-state index < -0.39 is 28.9 Å². The molecule has 4 nitrogen and oxygen atoms in total. The molecule has 250 valence electrons. The summed E-state index contributed by atoms with van der Waals surface area (Å²) in [6.07, 6.45) is 4.05. The quantitative estimate of drug-likeness (QED) is 0.175. The smallest absolute Gasteiger partial charge is 0.316 e. The molecule has 2 atom stereocenters. The lowest BCUT2D eigenvalue weighted by molar-refractivity contribution is -0.288. The van der Waals surface area contributed by atoms with Crippen molar-refractivity contribution in [3.63, 3.8) is 0 Å². The molecular weight excluding hydrogens is 638 g/mol. The van der Waals surface area contributed by atoms with E-state index in [2.05, 4.69) is 29.9 Å². The van der Waals surface area contributed by atoms with E-state index in [0.717, 1.165) is 81.8 Å². The first-order chi connectivity index (χ1) is 23.4. The minimum Gasteiger partial charge on any atom is -0.316 e. The molecule has 0 fully saturated rings. The van der Waals surface area contributed by atoms with E-state index in [-0.39, 0.29) is 11.8 Å². The highest BCUT2D eigenvalue weighted by molar-refractivity contribution is 5.91. The molecule has 3 aromatic heterocycles. The van der Waals surface area contributed by atoms with Crippen LogP contribution in [0.5, 0.6) is 0 Å². The summed E-state index contributed by atoms with van der Waals surface area (Å²) in [7, 11) is 0. The summed E-state index contributed by atoms with van der Waals surface area (Å²) < 4.78 is 95.0. The Hall–Kier alpha value is -4.86. The number of hydrogen-bond donors (Lipinski definition) is 0. The number of rotatable bonds is 4. The molecule has 49 heavy (non-hydrogen) atoms. The fourth-order valence-electron chi connectivity index (χ4n) is 8.09. The number of aliphatic imine (C=N–C) groups is 1. The van der Waals surface area contributed by atoms with Gasteiger partial charge in [0, 0.05) is 82.5 Å². The van der Waals surface area contributed by atoms with Crippen LogP contribution in [0, 0.1) is 5.92 Å². The Bertz CT molecular complexity index is 2160. The number of hydrogen-bond acceptors (Lipinski definition) is 2. The van der Waals surface area contributed by atoms with Gasteiger partial charge in [0.05, 0.1) is 5.52 Å². The number of alkyl halides is 6. The third kappa shape index (κ3) is 4.59. The molecule has 0 N–H and O–H groups in total. The van der Waals surface area contributed by atoms with Gasteiger partial charge in [-0.25, -0.2) is 0 Å². The highest BCUT2D eigenvalue weighted by Gasteiger charge is 2.72. The van der Waals surface area contributed by atoms with Crippen LogP contribution in [0.15, 0.2) is 84.1 Å². The Morgan fingerprint density at radius 1 is 0.776 bits per heavy atom. The normalized spacial score (nSPS) is 18.9. The number of benzene rings is 2. The second kappa shape index (κ2) is 11.1. The highest BCUT2D eigenvalue weighted by atomic mass is 19.4. The second-order valence-corrected chi connectivity index (χ2v) is 13.3. The summed E-state index contributed by atoms with van der Waals surface area (Å²) in [6, 6.07) is 11.2. The lowest BCUT2D eigenvalue weighted by Gasteiger charge is -2.38. The van der Waals surface area contributed by atoms with E-state index in [4.69, 9.17) is 0 Å². The fraction of sp³-hybridized carbons (Fsp3) is 0.282. The van der Waals surface area contributed by atoms with E-state index >= 15 is 26.3 Å². The molecule has 2 unspecified atom stereocenters. The molecule has 2 aliphatic carbocycles. The lowest BCUT2D eigenvalue weighted by atomic mass is 9.73. The average Bonchev–Trinajstić information content (AvgIpc) is 3.58. The van der Waals surface area contributed by atoms with Crippen molar-refractivity contribution in [3.8, 4) is 11.4 Å². The van der Waals surface area contributed by atoms with Crippen LogP contribution in [0.2, 0.25) is 0 Å². The first-order valence-corrected chi connectivity index (χ1v) is 16.4. The van der Waals surface area contributed by atoms with Crippen molar-refractivity contribution in [2.75, 3.05) is 6.54 Å².